The molecule has 3 rings (SSSR count). The van der Waals surface area contributed by atoms with Crippen molar-refractivity contribution < 1.29 is 9.90 Å². The number of thiazole rings is 1. The zero-order chi connectivity index (χ0) is 16.9. The number of hydrazone groups is 1. The molecule has 3 aromatic rings. The highest BCUT2D eigenvalue weighted by Crippen LogP contribution is 2.24. The molecule has 0 fully saturated rings. The van der Waals surface area contributed by atoms with Crippen LogP contribution < -0.4 is 5.43 Å². The number of halogens is 1. The fraction of sp³-hybridized carbons (Fsp3) is 0. The quantitative estimate of drug-likeness (QED) is 0.548. The number of aromatic nitrogens is 1. The molecule has 0 saturated heterocycles. The van der Waals surface area contributed by atoms with Gasteiger partial charge in [0.05, 0.1) is 11.9 Å². The molecule has 1 amide bonds. The summed E-state index contributed by atoms with van der Waals surface area (Å²) in [7, 11) is 0. The van der Waals surface area contributed by atoms with E-state index >= 15 is 0 Å². The van der Waals surface area contributed by atoms with Crippen LogP contribution in [0.25, 0.3) is 10.6 Å². The molecule has 7 heteroatoms. The minimum absolute atomic E-state index is 0.0266. The third kappa shape index (κ3) is 3.98. The molecule has 0 atom stereocenters. The van der Waals surface area contributed by atoms with Crippen LogP contribution in [0.4, 0.5) is 0 Å². The molecule has 0 spiro atoms. The Morgan fingerprint density at radius 3 is 2.79 bits per heavy atom. The molecule has 1 heterocycles. The van der Waals surface area contributed by atoms with Crippen LogP contribution in [0.5, 0.6) is 5.75 Å². The number of phenols is 1. The molecule has 1 aromatic heterocycles. The van der Waals surface area contributed by atoms with E-state index in [2.05, 4.69) is 15.5 Å². The van der Waals surface area contributed by atoms with Gasteiger partial charge >= 0.3 is 0 Å². The molecule has 0 aliphatic heterocycles. The van der Waals surface area contributed by atoms with Gasteiger partial charge in [0.2, 0.25) is 0 Å². The predicted molar refractivity (Wildman–Crippen MR) is 95.7 cm³/mol. The first kappa shape index (κ1) is 16.2. The van der Waals surface area contributed by atoms with Crippen LogP contribution in [0.1, 0.15) is 16.1 Å². The van der Waals surface area contributed by atoms with Gasteiger partial charge in [0.25, 0.3) is 5.91 Å². The van der Waals surface area contributed by atoms with Gasteiger partial charge in [-0.05, 0) is 30.3 Å². The topological polar surface area (TPSA) is 74.6 Å². The van der Waals surface area contributed by atoms with E-state index in [0.717, 1.165) is 10.6 Å². The molecule has 0 radical (unpaired) electrons. The summed E-state index contributed by atoms with van der Waals surface area (Å²) >= 11 is 7.34. The summed E-state index contributed by atoms with van der Waals surface area (Å²) in [5, 5.41) is 16.6. The number of nitrogens with one attached hydrogen (secondary N) is 1. The van der Waals surface area contributed by atoms with Crippen molar-refractivity contribution in [1.82, 2.24) is 10.4 Å². The lowest BCUT2D eigenvalue weighted by atomic mass is 10.2. The highest BCUT2D eigenvalue weighted by molar-refractivity contribution is 7.13. The van der Waals surface area contributed by atoms with E-state index in [-0.39, 0.29) is 5.75 Å². The lowest BCUT2D eigenvalue weighted by Gasteiger charge is -1.99. The van der Waals surface area contributed by atoms with Gasteiger partial charge in [-0.15, -0.1) is 11.3 Å². The van der Waals surface area contributed by atoms with Crippen LogP contribution in [0, 0.1) is 0 Å². The maximum atomic E-state index is 11.9. The molecule has 0 aliphatic carbocycles. The Labute approximate surface area is 147 Å². The van der Waals surface area contributed by atoms with E-state index in [1.165, 1.54) is 29.7 Å². The van der Waals surface area contributed by atoms with E-state index in [1.807, 2.05) is 29.6 Å². The number of carbonyl (C=O) groups is 1. The lowest BCUT2D eigenvalue weighted by Crippen LogP contribution is -2.17. The minimum Gasteiger partial charge on any atom is -0.508 e. The van der Waals surface area contributed by atoms with Gasteiger partial charge in [-0.25, -0.2) is 10.4 Å². The molecule has 0 unspecified atom stereocenters. The molecular formula is C17H12ClN3O2S. The number of hydrogen-bond acceptors (Lipinski definition) is 5. The van der Waals surface area contributed by atoms with Crippen molar-refractivity contribution >= 4 is 35.1 Å². The zero-order valence-corrected chi connectivity index (χ0v) is 13.9. The Hall–Kier alpha value is -2.70. The summed E-state index contributed by atoms with van der Waals surface area (Å²) in [6.45, 7) is 0. The third-order valence-corrected chi connectivity index (χ3v) is 4.25. The second kappa shape index (κ2) is 7.25. The molecule has 24 heavy (non-hydrogen) atoms. The molecule has 0 aliphatic rings. The van der Waals surface area contributed by atoms with E-state index in [0.29, 0.717) is 16.3 Å². The Bertz CT molecular complexity index is 891. The second-order valence-corrected chi connectivity index (χ2v) is 6.13. The predicted octanol–water partition coefficient (Wildman–Crippen LogP) is 3.93. The highest BCUT2D eigenvalue weighted by atomic mass is 35.5. The summed E-state index contributed by atoms with van der Waals surface area (Å²) in [6.07, 6.45) is 1.47. The van der Waals surface area contributed by atoms with Gasteiger partial charge in [0.1, 0.15) is 10.8 Å². The Kier molecular flexibility index (Phi) is 4.88. The third-order valence-electron chi connectivity index (χ3n) is 3.08. The monoisotopic (exact) mass is 357 g/mol. The number of aromatic hydroxyl groups is 1. The van der Waals surface area contributed by atoms with Crippen LogP contribution in [0.2, 0.25) is 5.02 Å². The van der Waals surface area contributed by atoms with Crippen molar-refractivity contribution in [2.24, 2.45) is 5.10 Å². The van der Waals surface area contributed by atoms with Crippen LogP contribution in [-0.2, 0) is 0 Å². The van der Waals surface area contributed by atoms with Crippen molar-refractivity contribution in [2.45, 2.75) is 0 Å². The van der Waals surface area contributed by atoms with Gasteiger partial charge in [-0.1, -0.05) is 29.8 Å². The molecule has 0 bridgehead atoms. The number of carbonyl (C=O) groups excluding carboxylic acids is 1. The summed E-state index contributed by atoms with van der Waals surface area (Å²) in [5.41, 5.74) is 4.33. The van der Waals surface area contributed by atoms with E-state index < -0.39 is 5.91 Å². The van der Waals surface area contributed by atoms with Gasteiger partial charge in [-0.3, -0.25) is 4.79 Å². The van der Waals surface area contributed by atoms with Gasteiger partial charge in [-0.2, -0.15) is 5.10 Å². The summed E-state index contributed by atoms with van der Waals surface area (Å²) in [4.78, 5) is 16.3. The Balaban J connectivity index is 1.65. The molecule has 2 aromatic carbocycles. The Morgan fingerprint density at radius 1 is 1.25 bits per heavy atom. The largest absolute Gasteiger partial charge is 0.508 e. The zero-order valence-electron chi connectivity index (χ0n) is 12.3. The number of nitrogens with zero attached hydrogens (tertiary/aromatic N) is 2. The number of benzene rings is 2. The van der Waals surface area contributed by atoms with Crippen molar-refractivity contribution in [1.29, 1.82) is 0 Å². The molecule has 5 nitrogen and oxygen atoms in total. The van der Waals surface area contributed by atoms with Crippen molar-refractivity contribution in [2.75, 3.05) is 0 Å². The molecule has 120 valence electrons. The highest BCUT2D eigenvalue weighted by Gasteiger charge is 2.05. The van der Waals surface area contributed by atoms with Gasteiger partial charge in [0.15, 0.2) is 0 Å². The number of hydrogen-bond donors (Lipinski definition) is 2. The maximum Gasteiger partial charge on any atom is 0.271 e. The summed E-state index contributed by atoms with van der Waals surface area (Å²) < 4.78 is 0. The molecule has 2 N–H and O–H groups in total. The van der Waals surface area contributed by atoms with Crippen LogP contribution in [0.3, 0.4) is 0 Å². The van der Waals surface area contributed by atoms with E-state index in [4.69, 9.17) is 11.6 Å². The minimum atomic E-state index is -0.407. The van der Waals surface area contributed by atoms with E-state index in [1.54, 1.807) is 12.1 Å². The van der Waals surface area contributed by atoms with Crippen molar-refractivity contribution in [3.05, 3.63) is 70.2 Å². The van der Waals surface area contributed by atoms with Crippen LogP contribution in [0.15, 0.2) is 59.0 Å². The van der Waals surface area contributed by atoms with Crippen LogP contribution >= 0.6 is 22.9 Å². The SMILES string of the molecule is O=C(NN=Cc1csc(-c2ccc(Cl)cc2)n1)c1cccc(O)c1. The molecule has 0 saturated carbocycles. The first-order chi connectivity index (χ1) is 11.6. The van der Waals surface area contributed by atoms with Crippen molar-refractivity contribution in [3.63, 3.8) is 0 Å². The molecular weight excluding hydrogens is 346 g/mol. The fourth-order valence-corrected chi connectivity index (χ4v) is 2.84. The lowest BCUT2D eigenvalue weighted by molar-refractivity contribution is 0.0954. The standard InChI is InChI=1S/C17H12ClN3O2S/c18-13-6-4-11(5-7-13)17-20-14(10-24-17)9-19-21-16(23)12-2-1-3-15(22)8-12/h1-10,22H,(H,21,23). The van der Waals surface area contributed by atoms with Crippen molar-refractivity contribution in [3.8, 4) is 16.3 Å². The van der Waals surface area contributed by atoms with E-state index in [9.17, 15) is 9.90 Å². The summed E-state index contributed by atoms with van der Waals surface area (Å²) in [6, 6.07) is 13.4. The maximum absolute atomic E-state index is 11.9. The number of rotatable bonds is 4. The summed E-state index contributed by atoms with van der Waals surface area (Å²) in [5.74, 6) is -0.381. The number of amides is 1. The Morgan fingerprint density at radius 2 is 2.04 bits per heavy atom. The first-order valence-electron chi connectivity index (χ1n) is 6.96. The smallest absolute Gasteiger partial charge is 0.271 e. The van der Waals surface area contributed by atoms with Gasteiger partial charge in [0, 0.05) is 21.5 Å². The first-order valence-corrected chi connectivity index (χ1v) is 8.21. The second-order valence-electron chi connectivity index (χ2n) is 4.83. The average Bonchev–Trinajstić information content (AvgIpc) is 3.04. The number of phenolic OH excluding ortho intramolecular Hbond substituents is 1. The fourth-order valence-electron chi connectivity index (χ4n) is 1.94. The average molecular weight is 358 g/mol. The van der Waals surface area contributed by atoms with Gasteiger partial charge < -0.3 is 5.11 Å². The normalized spacial score (nSPS) is 10.9. The van der Waals surface area contributed by atoms with Crippen LogP contribution in [-0.4, -0.2) is 22.2 Å².